The molecular weight excluding hydrogens is 400 g/mol. The first-order chi connectivity index (χ1) is 13.2. The van der Waals surface area contributed by atoms with Crippen LogP contribution in [-0.4, -0.2) is 19.4 Å². The molecule has 144 valence electrons. The van der Waals surface area contributed by atoms with E-state index in [-0.39, 0.29) is 21.9 Å². The van der Waals surface area contributed by atoms with Crippen molar-refractivity contribution in [1.82, 2.24) is 0 Å². The van der Waals surface area contributed by atoms with Crippen LogP contribution in [0, 0.1) is 6.92 Å². The van der Waals surface area contributed by atoms with Gasteiger partial charge in [-0.25, -0.2) is 8.42 Å². The molecule has 3 rings (SSSR count). The molecule has 0 aliphatic heterocycles. The lowest BCUT2D eigenvalue weighted by atomic mass is 10.2. The molecule has 6 nitrogen and oxygen atoms in total. The third kappa shape index (κ3) is 4.62. The van der Waals surface area contributed by atoms with Crippen LogP contribution in [0.3, 0.4) is 0 Å². The van der Waals surface area contributed by atoms with Crippen LogP contribution in [-0.2, 0) is 10.0 Å². The highest BCUT2D eigenvalue weighted by Crippen LogP contribution is 2.27. The largest absolute Gasteiger partial charge is 0.506 e. The van der Waals surface area contributed by atoms with E-state index in [0.29, 0.717) is 10.7 Å². The van der Waals surface area contributed by atoms with Crippen LogP contribution in [0.25, 0.3) is 0 Å². The number of hydrogen-bond donors (Lipinski definition) is 3. The Kier molecular flexibility index (Phi) is 5.58. The van der Waals surface area contributed by atoms with Gasteiger partial charge in [-0.3, -0.25) is 9.52 Å². The van der Waals surface area contributed by atoms with Crippen LogP contribution in [0.5, 0.6) is 5.75 Å². The second-order valence-corrected chi connectivity index (χ2v) is 8.23. The minimum absolute atomic E-state index is 0.0234. The molecule has 3 aromatic rings. The lowest BCUT2D eigenvalue weighted by molar-refractivity contribution is 0.102. The Morgan fingerprint density at radius 3 is 2.25 bits per heavy atom. The van der Waals surface area contributed by atoms with Crippen LogP contribution in [0.1, 0.15) is 15.9 Å². The van der Waals surface area contributed by atoms with Crippen LogP contribution in [0.2, 0.25) is 5.02 Å². The van der Waals surface area contributed by atoms with Crippen molar-refractivity contribution in [3.63, 3.8) is 0 Å². The Labute approximate surface area is 167 Å². The summed E-state index contributed by atoms with van der Waals surface area (Å²) in [5, 5.41) is 12.7. The van der Waals surface area contributed by atoms with Gasteiger partial charge in [0.2, 0.25) is 0 Å². The van der Waals surface area contributed by atoms with Gasteiger partial charge < -0.3 is 10.4 Å². The maximum atomic E-state index is 12.5. The number of sulfonamides is 1. The normalized spacial score (nSPS) is 11.1. The number of phenolic OH excluding ortho intramolecular Hbond substituents is 1. The number of aromatic hydroxyl groups is 1. The highest BCUT2D eigenvalue weighted by molar-refractivity contribution is 7.92. The van der Waals surface area contributed by atoms with Crippen molar-refractivity contribution in [2.24, 2.45) is 0 Å². The smallest absolute Gasteiger partial charge is 0.261 e. The van der Waals surface area contributed by atoms with Gasteiger partial charge in [0.1, 0.15) is 5.75 Å². The lowest BCUT2D eigenvalue weighted by Gasteiger charge is -2.10. The molecule has 0 aromatic heterocycles. The molecule has 3 N–H and O–H groups in total. The number of nitrogens with one attached hydrogen (secondary N) is 2. The Hall–Kier alpha value is -3.03. The van der Waals surface area contributed by atoms with E-state index in [1.807, 2.05) is 6.92 Å². The van der Waals surface area contributed by atoms with Crippen molar-refractivity contribution >= 4 is 38.9 Å². The average molecular weight is 417 g/mol. The highest BCUT2D eigenvalue weighted by atomic mass is 35.5. The minimum Gasteiger partial charge on any atom is -0.506 e. The van der Waals surface area contributed by atoms with Gasteiger partial charge >= 0.3 is 0 Å². The topological polar surface area (TPSA) is 95.5 Å². The minimum atomic E-state index is -3.78. The molecule has 0 heterocycles. The first-order valence-electron chi connectivity index (χ1n) is 8.24. The molecule has 0 aliphatic carbocycles. The van der Waals surface area contributed by atoms with Crippen molar-refractivity contribution < 1.29 is 18.3 Å². The summed E-state index contributed by atoms with van der Waals surface area (Å²) in [6.45, 7) is 1.91. The molecule has 8 heteroatoms. The molecule has 0 spiro atoms. The van der Waals surface area contributed by atoms with Gasteiger partial charge in [0, 0.05) is 16.3 Å². The Bertz CT molecular complexity index is 1110. The Balaban J connectivity index is 1.75. The van der Waals surface area contributed by atoms with E-state index in [9.17, 15) is 18.3 Å². The molecule has 0 unspecified atom stereocenters. The van der Waals surface area contributed by atoms with Gasteiger partial charge in [0.15, 0.2) is 0 Å². The molecule has 0 radical (unpaired) electrons. The van der Waals surface area contributed by atoms with Crippen molar-refractivity contribution in [2.45, 2.75) is 11.8 Å². The summed E-state index contributed by atoms with van der Waals surface area (Å²) >= 11 is 5.86. The fourth-order valence-corrected chi connectivity index (χ4v) is 3.65. The van der Waals surface area contributed by atoms with Gasteiger partial charge in [-0.1, -0.05) is 29.3 Å². The number of carbonyl (C=O) groups excluding carboxylic acids is 1. The van der Waals surface area contributed by atoms with Crippen molar-refractivity contribution in [1.29, 1.82) is 0 Å². The molecule has 0 saturated heterocycles. The van der Waals surface area contributed by atoms with E-state index in [2.05, 4.69) is 10.0 Å². The number of hydrogen-bond acceptors (Lipinski definition) is 4. The second kappa shape index (κ2) is 7.92. The first kappa shape index (κ1) is 19.7. The van der Waals surface area contributed by atoms with Crippen molar-refractivity contribution in [3.05, 3.63) is 82.9 Å². The number of carbonyl (C=O) groups is 1. The molecule has 28 heavy (non-hydrogen) atoms. The monoisotopic (exact) mass is 416 g/mol. The third-order valence-corrected chi connectivity index (χ3v) is 5.57. The average Bonchev–Trinajstić information content (AvgIpc) is 2.66. The summed E-state index contributed by atoms with van der Waals surface area (Å²) in [4.78, 5) is 12.4. The van der Waals surface area contributed by atoms with E-state index in [1.165, 1.54) is 42.5 Å². The zero-order chi connectivity index (χ0) is 20.3. The summed E-state index contributed by atoms with van der Waals surface area (Å²) in [5.41, 5.74) is 1.86. The maximum Gasteiger partial charge on any atom is 0.261 e. The van der Waals surface area contributed by atoms with Crippen LogP contribution in [0.15, 0.2) is 71.6 Å². The SMILES string of the molecule is Cc1ccc(NS(=O)(=O)c2ccc(C(=O)Nc3cc(Cl)ccc3O)cc2)cc1. The number of halogens is 1. The number of aryl methyl sites for hydroxylation is 1. The maximum absolute atomic E-state index is 12.5. The van der Waals surface area contributed by atoms with Gasteiger partial charge in [-0.2, -0.15) is 0 Å². The molecule has 1 amide bonds. The first-order valence-corrected chi connectivity index (χ1v) is 10.1. The van der Waals surface area contributed by atoms with Gasteiger partial charge in [-0.15, -0.1) is 0 Å². The molecule has 0 saturated carbocycles. The Morgan fingerprint density at radius 2 is 1.61 bits per heavy atom. The number of benzene rings is 3. The van der Waals surface area contributed by atoms with Crippen LogP contribution < -0.4 is 10.0 Å². The van der Waals surface area contributed by atoms with Crippen molar-refractivity contribution in [3.8, 4) is 5.75 Å². The van der Waals surface area contributed by atoms with Gasteiger partial charge in [0.05, 0.1) is 10.6 Å². The van der Waals surface area contributed by atoms with Gasteiger partial charge in [-0.05, 0) is 61.5 Å². The van der Waals surface area contributed by atoms with Crippen LogP contribution >= 0.6 is 11.6 Å². The summed E-state index contributed by atoms with van der Waals surface area (Å²) in [7, 11) is -3.78. The summed E-state index contributed by atoms with van der Waals surface area (Å²) in [6, 6.07) is 16.7. The van der Waals surface area contributed by atoms with Crippen molar-refractivity contribution in [2.75, 3.05) is 10.0 Å². The van der Waals surface area contributed by atoms with E-state index in [4.69, 9.17) is 11.6 Å². The van der Waals surface area contributed by atoms with E-state index < -0.39 is 15.9 Å². The van der Waals surface area contributed by atoms with Crippen LogP contribution in [0.4, 0.5) is 11.4 Å². The number of rotatable bonds is 5. The fourth-order valence-electron chi connectivity index (χ4n) is 2.42. The molecule has 0 atom stereocenters. The molecular formula is C20H17ClN2O4S. The zero-order valence-corrected chi connectivity index (χ0v) is 16.4. The number of phenols is 1. The quantitative estimate of drug-likeness (QED) is 0.537. The summed E-state index contributed by atoms with van der Waals surface area (Å²) in [6.07, 6.45) is 0. The summed E-state index contributed by atoms with van der Waals surface area (Å²) in [5.74, 6) is -0.632. The predicted molar refractivity (Wildman–Crippen MR) is 109 cm³/mol. The van der Waals surface area contributed by atoms with E-state index in [1.54, 1.807) is 24.3 Å². The number of amides is 1. The Morgan fingerprint density at radius 1 is 0.964 bits per heavy atom. The molecule has 0 fully saturated rings. The van der Waals surface area contributed by atoms with Gasteiger partial charge in [0.25, 0.3) is 15.9 Å². The zero-order valence-electron chi connectivity index (χ0n) is 14.8. The second-order valence-electron chi connectivity index (χ2n) is 6.11. The third-order valence-electron chi connectivity index (χ3n) is 3.94. The lowest BCUT2D eigenvalue weighted by Crippen LogP contribution is -2.15. The predicted octanol–water partition coefficient (Wildman–Crippen LogP) is 4.41. The highest BCUT2D eigenvalue weighted by Gasteiger charge is 2.16. The number of anilines is 2. The summed E-state index contributed by atoms with van der Waals surface area (Å²) < 4.78 is 27.5. The molecule has 3 aromatic carbocycles. The van der Waals surface area contributed by atoms with E-state index >= 15 is 0 Å². The standard InChI is InChI=1S/C20H17ClN2O4S/c1-13-2-7-16(8-3-13)23-28(26,27)17-9-4-14(5-10-17)20(25)22-18-12-15(21)6-11-19(18)24/h2-12,23-24H,1H3,(H,22,25). The molecule has 0 bridgehead atoms. The van der Waals surface area contributed by atoms with E-state index in [0.717, 1.165) is 5.56 Å². The fraction of sp³-hybridized carbons (Fsp3) is 0.0500. The molecule has 0 aliphatic rings.